The number of nitrogens with one attached hydrogen (secondary N) is 1. The van der Waals surface area contributed by atoms with Gasteiger partial charge in [0.05, 0.1) is 5.56 Å². The van der Waals surface area contributed by atoms with Crippen LogP contribution in [0.2, 0.25) is 0 Å². The highest BCUT2D eigenvalue weighted by atomic mass is 32.2. The average Bonchev–Trinajstić information content (AvgIpc) is 2.46. The summed E-state index contributed by atoms with van der Waals surface area (Å²) in [7, 11) is 0. The minimum Gasteiger partial charge on any atom is -0.457 e. The molecule has 2 aromatic rings. The molecule has 0 aromatic heterocycles. The molecule has 0 aliphatic carbocycles. The summed E-state index contributed by atoms with van der Waals surface area (Å²) >= 11 is 1.56. The van der Waals surface area contributed by atoms with E-state index in [1.807, 2.05) is 42.7 Å². The zero-order chi connectivity index (χ0) is 15.4. The predicted molar refractivity (Wildman–Crippen MR) is 89.8 cm³/mol. The maximum absolute atomic E-state index is 7.78. The maximum atomic E-state index is 7.78. The number of amidine groups is 1. The SMILES string of the molecule is CSc1cccc(Oc2cccc(C(C)C)c2)c1C(=N)N. The van der Waals surface area contributed by atoms with Gasteiger partial charge in [0, 0.05) is 4.90 Å². The smallest absolute Gasteiger partial charge is 0.139 e. The Morgan fingerprint density at radius 3 is 2.52 bits per heavy atom. The summed E-state index contributed by atoms with van der Waals surface area (Å²) in [6.07, 6.45) is 1.96. The number of rotatable bonds is 5. The summed E-state index contributed by atoms with van der Waals surface area (Å²) in [5.74, 6) is 1.85. The summed E-state index contributed by atoms with van der Waals surface area (Å²) in [4.78, 5) is 0.944. The van der Waals surface area contributed by atoms with E-state index >= 15 is 0 Å². The van der Waals surface area contributed by atoms with Crippen molar-refractivity contribution in [1.82, 2.24) is 0 Å². The first-order valence-electron chi connectivity index (χ1n) is 6.82. The first kappa shape index (κ1) is 15.4. The van der Waals surface area contributed by atoms with E-state index in [-0.39, 0.29) is 5.84 Å². The third-order valence-electron chi connectivity index (χ3n) is 3.23. The van der Waals surface area contributed by atoms with E-state index in [1.165, 1.54) is 5.56 Å². The van der Waals surface area contributed by atoms with E-state index in [4.69, 9.17) is 15.9 Å². The van der Waals surface area contributed by atoms with Gasteiger partial charge in [0.1, 0.15) is 17.3 Å². The molecular weight excluding hydrogens is 280 g/mol. The lowest BCUT2D eigenvalue weighted by atomic mass is 10.0. The summed E-state index contributed by atoms with van der Waals surface area (Å²) in [5, 5.41) is 7.78. The number of nitrogen functional groups attached to an aromatic ring is 1. The first-order chi connectivity index (χ1) is 10.0. The maximum Gasteiger partial charge on any atom is 0.139 e. The van der Waals surface area contributed by atoms with Gasteiger partial charge >= 0.3 is 0 Å². The standard InChI is InChI=1S/C17H20N2OS/c1-11(2)12-6-4-7-13(10-12)20-14-8-5-9-15(21-3)16(14)17(18)19/h4-11H,1-3H3,(H3,18,19). The van der Waals surface area contributed by atoms with E-state index in [0.717, 1.165) is 10.6 Å². The van der Waals surface area contributed by atoms with Crippen LogP contribution in [-0.2, 0) is 0 Å². The Morgan fingerprint density at radius 1 is 1.19 bits per heavy atom. The molecule has 4 heteroatoms. The topological polar surface area (TPSA) is 59.1 Å². The highest BCUT2D eigenvalue weighted by molar-refractivity contribution is 7.98. The Bertz CT molecular complexity index is 653. The van der Waals surface area contributed by atoms with Crippen molar-refractivity contribution in [2.24, 2.45) is 5.73 Å². The van der Waals surface area contributed by atoms with E-state index in [9.17, 15) is 0 Å². The lowest BCUT2D eigenvalue weighted by molar-refractivity contribution is 0.479. The van der Waals surface area contributed by atoms with Crippen LogP contribution in [0.3, 0.4) is 0 Å². The molecule has 3 N–H and O–H groups in total. The van der Waals surface area contributed by atoms with Crippen LogP contribution < -0.4 is 10.5 Å². The first-order valence-corrected chi connectivity index (χ1v) is 8.04. The van der Waals surface area contributed by atoms with Gasteiger partial charge < -0.3 is 10.5 Å². The van der Waals surface area contributed by atoms with Crippen LogP contribution in [0.1, 0.15) is 30.9 Å². The van der Waals surface area contributed by atoms with Crippen molar-refractivity contribution < 1.29 is 4.74 Å². The Balaban J connectivity index is 2.40. The molecule has 110 valence electrons. The zero-order valence-corrected chi connectivity index (χ0v) is 13.3. The molecule has 0 bridgehead atoms. The second kappa shape index (κ2) is 6.68. The summed E-state index contributed by atoms with van der Waals surface area (Å²) in [5.41, 5.74) is 7.59. The normalized spacial score (nSPS) is 10.7. The van der Waals surface area contributed by atoms with E-state index in [0.29, 0.717) is 17.2 Å². The minimum atomic E-state index is 0.0231. The van der Waals surface area contributed by atoms with Crippen molar-refractivity contribution in [2.45, 2.75) is 24.7 Å². The number of thioether (sulfide) groups is 1. The fourth-order valence-electron chi connectivity index (χ4n) is 2.10. The fourth-order valence-corrected chi connectivity index (χ4v) is 2.73. The second-order valence-corrected chi connectivity index (χ2v) is 5.92. The minimum absolute atomic E-state index is 0.0231. The largest absolute Gasteiger partial charge is 0.457 e. The lowest BCUT2D eigenvalue weighted by Crippen LogP contribution is -2.13. The van der Waals surface area contributed by atoms with Crippen LogP contribution in [0.5, 0.6) is 11.5 Å². The number of nitrogens with two attached hydrogens (primary N) is 1. The number of hydrogen-bond donors (Lipinski definition) is 2. The molecule has 21 heavy (non-hydrogen) atoms. The molecule has 0 spiro atoms. The molecule has 0 saturated heterocycles. The number of benzene rings is 2. The van der Waals surface area contributed by atoms with Gasteiger partial charge in [-0.2, -0.15) is 0 Å². The monoisotopic (exact) mass is 300 g/mol. The summed E-state index contributed by atoms with van der Waals surface area (Å²) in [6.45, 7) is 4.29. The summed E-state index contributed by atoms with van der Waals surface area (Å²) < 4.78 is 5.97. The molecule has 0 heterocycles. The van der Waals surface area contributed by atoms with Gasteiger partial charge in [-0.1, -0.05) is 32.0 Å². The van der Waals surface area contributed by atoms with Gasteiger partial charge in [0.2, 0.25) is 0 Å². The van der Waals surface area contributed by atoms with E-state index < -0.39 is 0 Å². The quantitative estimate of drug-likeness (QED) is 0.481. The van der Waals surface area contributed by atoms with Crippen LogP contribution in [0.25, 0.3) is 0 Å². The highest BCUT2D eigenvalue weighted by Gasteiger charge is 2.13. The zero-order valence-electron chi connectivity index (χ0n) is 12.5. The van der Waals surface area contributed by atoms with Gasteiger partial charge in [-0.05, 0) is 42.0 Å². The van der Waals surface area contributed by atoms with Gasteiger partial charge in [-0.3, -0.25) is 5.41 Å². The molecule has 0 fully saturated rings. The van der Waals surface area contributed by atoms with Gasteiger partial charge in [-0.25, -0.2) is 0 Å². The molecule has 0 aliphatic heterocycles. The van der Waals surface area contributed by atoms with Crippen LogP contribution in [0.4, 0.5) is 0 Å². The Hall–Kier alpha value is -1.94. The molecule has 0 atom stereocenters. The number of ether oxygens (including phenoxy) is 1. The highest BCUT2D eigenvalue weighted by Crippen LogP contribution is 2.32. The Labute approximate surface area is 130 Å². The second-order valence-electron chi connectivity index (χ2n) is 5.08. The average molecular weight is 300 g/mol. The summed E-state index contributed by atoms with van der Waals surface area (Å²) in [6, 6.07) is 13.7. The van der Waals surface area contributed by atoms with Gasteiger partial charge in [0.15, 0.2) is 0 Å². The molecule has 0 unspecified atom stereocenters. The van der Waals surface area contributed by atoms with E-state index in [2.05, 4.69) is 19.9 Å². The lowest BCUT2D eigenvalue weighted by Gasteiger charge is -2.14. The fraction of sp³-hybridized carbons (Fsp3) is 0.235. The van der Waals surface area contributed by atoms with Gasteiger partial charge in [0.25, 0.3) is 0 Å². The molecule has 3 nitrogen and oxygen atoms in total. The van der Waals surface area contributed by atoms with Crippen molar-refractivity contribution in [3.8, 4) is 11.5 Å². The molecule has 0 aliphatic rings. The molecule has 0 amide bonds. The Morgan fingerprint density at radius 2 is 1.90 bits per heavy atom. The molecule has 0 saturated carbocycles. The van der Waals surface area contributed by atoms with Crippen molar-refractivity contribution in [3.63, 3.8) is 0 Å². The molecule has 2 aromatic carbocycles. The van der Waals surface area contributed by atoms with Crippen molar-refractivity contribution >= 4 is 17.6 Å². The van der Waals surface area contributed by atoms with E-state index in [1.54, 1.807) is 11.8 Å². The van der Waals surface area contributed by atoms with Crippen LogP contribution >= 0.6 is 11.8 Å². The Kier molecular flexibility index (Phi) is 4.91. The third kappa shape index (κ3) is 3.58. The van der Waals surface area contributed by atoms with Crippen molar-refractivity contribution in [3.05, 3.63) is 53.6 Å². The van der Waals surface area contributed by atoms with Crippen molar-refractivity contribution in [2.75, 3.05) is 6.26 Å². The van der Waals surface area contributed by atoms with Crippen LogP contribution in [0, 0.1) is 5.41 Å². The molecule has 2 rings (SSSR count). The van der Waals surface area contributed by atoms with Crippen LogP contribution in [0.15, 0.2) is 47.4 Å². The van der Waals surface area contributed by atoms with Crippen molar-refractivity contribution in [1.29, 1.82) is 5.41 Å². The van der Waals surface area contributed by atoms with Crippen LogP contribution in [-0.4, -0.2) is 12.1 Å². The molecule has 0 radical (unpaired) electrons. The molecular formula is C17H20N2OS. The third-order valence-corrected chi connectivity index (χ3v) is 4.01. The predicted octanol–water partition coefficient (Wildman–Crippen LogP) is 4.61. The van der Waals surface area contributed by atoms with Gasteiger partial charge in [-0.15, -0.1) is 11.8 Å². The number of hydrogen-bond acceptors (Lipinski definition) is 3.